The topological polar surface area (TPSA) is 0 Å². The highest BCUT2D eigenvalue weighted by Crippen LogP contribution is 2.45. The Kier molecular flexibility index (Phi) is 3.43. The van der Waals surface area contributed by atoms with Crippen LogP contribution in [-0.4, -0.2) is 0 Å². The van der Waals surface area contributed by atoms with Crippen molar-refractivity contribution >= 4 is 12.2 Å². The van der Waals surface area contributed by atoms with E-state index in [-0.39, 0.29) is 10.8 Å². The van der Waals surface area contributed by atoms with Gasteiger partial charge in [0.15, 0.2) is 0 Å². The molecule has 1 aromatic carbocycles. The second-order valence-corrected chi connectivity index (χ2v) is 7.49. The Bertz CT molecular complexity index is 685. The molecule has 0 bridgehead atoms. The largest absolute Gasteiger partial charge is 0.0767 e. The third-order valence-electron chi connectivity index (χ3n) is 4.82. The molecular weight excluding hydrogens is 252 g/mol. The van der Waals surface area contributed by atoms with Gasteiger partial charge in [0, 0.05) is 5.41 Å². The summed E-state index contributed by atoms with van der Waals surface area (Å²) < 4.78 is 0. The molecular formula is C21H26. The Morgan fingerprint density at radius 2 is 1.67 bits per heavy atom. The molecule has 0 aliphatic heterocycles. The highest BCUT2D eigenvalue weighted by Gasteiger charge is 2.33. The van der Waals surface area contributed by atoms with E-state index in [0.717, 1.165) is 6.42 Å². The Labute approximate surface area is 128 Å². The van der Waals surface area contributed by atoms with Crippen molar-refractivity contribution in [3.8, 4) is 0 Å². The van der Waals surface area contributed by atoms with Crippen LogP contribution in [0.3, 0.4) is 0 Å². The van der Waals surface area contributed by atoms with E-state index in [1.165, 1.54) is 28.9 Å². The summed E-state index contributed by atoms with van der Waals surface area (Å²) in [6, 6.07) is 8.79. The molecule has 0 heterocycles. The van der Waals surface area contributed by atoms with Crippen LogP contribution in [0, 0.1) is 10.8 Å². The summed E-state index contributed by atoms with van der Waals surface area (Å²) in [5, 5.41) is 2.80. The molecule has 0 saturated carbocycles. The first-order chi connectivity index (χ1) is 9.94. The molecule has 0 saturated heterocycles. The van der Waals surface area contributed by atoms with Gasteiger partial charge >= 0.3 is 0 Å². The van der Waals surface area contributed by atoms with Crippen LogP contribution in [0.2, 0.25) is 0 Å². The standard InChI is InChI=1S/C21H26/c1-5-12-21(14-16-8-6-7-9-17(16)15-21)19-11-10-18(13-19)20(2,3)4/h6-10,13-15H,5,11-12H2,1-4H3. The number of allylic oxidation sites excluding steroid dienone is 4. The highest BCUT2D eigenvalue weighted by molar-refractivity contribution is 5.65. The lowest BCUT2D eigenvalue weighted by Gasteiger charge is -2.27. The molecule has 0 atom stereocenters. The van der Waals surface area contributed by atoms with Crippen molar-refractivity contribution in [1.82, 2.24) is 0 Å². The molecule has 110 valence electrons. The van der Waals surface area contributed by atoms with E-state index in [4.69, 9.17) is 0 Å². The average molecular weight is 278 g/mol. The van der Waals surface area contributed by atoms with E-state index < -0.39 is 0 Å². The van der Waals surface area contributed by atoms with Crippen LogP contribution < -0.4 is 10.4 Å². The molecule has 0 N–H and O–H groups in total. The van der Waals surface area contributed by atoms with Crippen LogP contribution in [0.25, 0.3) is 12.2 Å². The fourth-order valence-electron chi connectivity index (χ4n) is 3.65. The highest BCUT2D eigenvalue weighted by atomic mass is 14.4. The number of hydrogen-bond acceptors (Lipinski definition) is 0. The molecule has 0 unspecified atom stereocenters. The van der Waals surface area contributed by atoms with Gasteiger partial charge in [-0.15, -0.1) is 0 Å². The first-order valence-corrected chi connectivity index (χ1v) is 8.17. The molecule has 3 rings (SSSR count). The van der Waals surface area contributed by atoms with E-state index in [0.29, 0.717) is 0 Å². The minimum Gasteiger partial charge on any atom is -0.0767 e. The number of hydrogen-bond donors (Lipinski definition) is 0. The summed E-state index contributed by atoms with van der Waals surface area (Å²) in [6.07, 6.45) is 13.4. The van der Waals surface area contributed by atoms with E-state index in [9.17, 15) is 0 Å². The van der Waals surface area contributed by atoms with Crippen molar-refractivity contribution in [2.24, 2.45) is 10.8 Å². The number of fused-ring (bicyclic) bond motifs is 1. The molecule has 0 fully saturated rings. The van der Waals surface area contributed by atoms with Gasteiger partial charge in [-0.05, 0) is 34.3 Å². The SMILES string of the molecule is CCCC1(C2=CC(C(C)(C)C)=CC2)C=c2ccccc2=C1. The van der Waals surface area contributed by atoms with Crippen molar-refractivity contribution in [2.75, 3.05) is 0 Å². The lowest BCUT2D eigenvalue weighted by Crippen LogP contribution is -2.19. The second kappa shape index (κ2) is 5.02. The van der Waals surface area contributed by atoms with Crippen molar-refractivity contribution in [1.29, 1.82) is 0 Å². The predicted molar refractivity (Wildman–Crippen MR) is 92.2 cm³/mol. The van der Waals surface area contributed by atoms with E-state index in [2.05, 4.69) is 76.3 Å². The van der Waals surface area contributed by atoms with Gasteiger partial charge in [-0.3, -0.25) is 0 Å². The van der Waals surface area contributed by atoms with Crippen LogP contribution in [0.5, 0.6) is 0 Å². The molecule has 0 amide bonds. The zero-order chi connectivity index (χ0) is 15.1. The van der Waals surface area contributed by atoms with Gasteiger partial charge < -0.3 is 0 Å². The Balaban J connectivity index is 2.05. The summed E-state index contributed by atoms with van der Waals surface area (Å²) in [4.78, 5) is 0. The molecule has 0 radical (unpaired) electrons. The summed E-state index contributed by atoms with van der Waals surface area (Å²) in [5.41, 5.74) is 3.46. The lowest BCUT2D eigenvalue weighted by atomic mass is 9.76. The predicted octanol–water partition coefficient (Wildman–Crippen LogP) is 4.35. The molecule has 0 aromatic heterocycles. The second-order valence-electron chi connectivity index (χ2n) is 7.49. The first kappa shape index (κ1) is 14.4. The molecule has 0 heteroatoms. The summed E-state index contributed by atoms with van der Waals surface area (Å²) in [7, 11) is 0. The maximum atomic E-state index is 2.50. The Morgan fingerprint density at radius 3 is 2.14 bits per heavy atom. The average Bonchev–Trinajstić information content (AvgIpc) is 3.03. The van der Waals surface area contributed by atoms with Gasteiger partial charge in [0.2, 0.25) is 0 Å². The fourth-order valence-corrected chi connectivity index (χ4v) is 3.65. The van der Waals surface area contributed by atoms with Gasteiger partial charge in [0.25, 0.3) is 0 Å². The molecule has 21 heavy (non-hydrogen) atoms. The quantitative estimate of drug-likeness (QED) is 0.771. The van der Waals surface area contributed by atoms with Gasteiger partial charge in [-0.1, -0.05) is 88.3 Å². The molecule has 1 aromatic rings. The van der Waals surface area contributed by atoms with E-state index in [1.54, 1.807) is 5.57 Å². The summed E-state index contributed by atoms with van der Waals surface area (Å²) >= 11 is 0. The van der Waals surface area contributed by atoms with Crippen molar-refractivity contribution in [3.05, 3.63) is 58.0 Å². The summed E-state index contributed by atoms with van der Waals surface area (Å²) in [5.74, 6) is 0. The monoisotopic (exact) mass is 278 g/mol. The minimum atomic E-state index is 0.141. The first-order valence-electron chi connectivity index (χ1n) is 8.17. The van der Waals surface area contributed by atoms with Crippen LogP contribution in [-0.2, 0) is 0 Å². The van der Waals surface area contributed by atoms with Crippen LogP contribution >= 0.6 is 0 Å². The maximum absolute atomic E-state index is 2.50. The number of benzene rings is 1. The van der Waals surface area contributed by atoms with Crippen LogP contribution in [0.15, 0.2) is 47.6 Å². The van der Waals surface area contributed by atoms with Gasteiger partial charge in [0.1, 0.15) is 0 Å². The molecule has 2 aliphatic rings. The zero-order valence-corrected chi connectivity index (χ0v) is 13.7. The zero-order valence-electron chi connectivity index (χ0n) is 13.7. The van der Waals surface area contributed by atoms with E-state index >= 15 is 0 Å². The Morgan fingerprint density at radius 1 is 1.05 bits per heavy atom. The third-order valence-corrected chi connectivity index (χ3v) is 4.82. The van der Waals surface area contributed by atoms with Crippen molar-refractivity contribution < 1.29 is 0 Å². The van der Waals surface area contributed by atoms with Crippen molar-refractivity contribution in [3.63, 3.8) is 0 Å². The van der Waals surface area contributed by atoms with Gasteiger partial charge in [-0.2, -0.15) is 0 Å². The van der Waals surface area contributed by atoms with Gasteiger partial charge in [-0.25, -0.2) is 0 Å². The summed E-state index contributed by atoms with van der Waals surface area (Å²) in [6.45, 7) is 9.21. The van der Waals surface area contributed by atoms with Crippen LogP contribution in [0.1, 0.15) is 47.0 Å². The third kappa shape index (κ3) is 2.52. The van der Waals surface area contributed by atoms with Crippen molar-refractivity contribution in [2.45, 2.75) is 47.0 Å². The lowest BCUT2D eigenvalue weighted by molar-refractivity contribution is 0.517. The Hall–Kier alpha value is -1.56. The molecule has 2 aliphatic carbocycles. The molecule has 0 nitrogen and oxygen atoms in total. The maximum Gasteiger partial charge on any atom is 0.0295 e. The van der Waals surface area contributed by atoms with E-state index in [1.807, 2.05) is 0 Å². The fraction of sp³-hybridized carbons (Fsp3) is 0.429. The van der Waals surface area contributed by atoms with Gasteiger partial charge in [0.05, 0.1) is 0 Å². The number of rotatable bonds is 3. The smallest absolute Gasteiger partial charge is 0.0295 e. The van der Waals surface area contributed by atoms with Crippen LogP contribution in [0.4, 0.5) is 0 Å². The minimum absolute atomic E-state index is 0.141. The normalized spacial score (nSPS) is 19.4. The molecule has 0 spiro atoms.